The van der Waals surface area contributed by atoms with Gasteiger partial charge in [-0.25, -0.2) is 9.59 Å². The number of carboxylic acid groups (broad SMARTS) is 1. The molecule has 0 aliphatic heterocycles. The van der Waals surface area contributed by atoms with Crippen LogP contribution in [0.3, 0.4) is 0 Å². The van der Waals surface area contributed by atoms with Gasteiger partial charge in [-0.05, 0) is 24.7 Å². The van der Waals surface area contributed by atoms with E-state index in [2.05, 4.69) is 5.32 Å². The molecule has 0 saturated carbocycles. The van der Waals surface area contributed by atoms with Crippen LogP contribution >= 0.6 is 0 Å². The van der Waals surface area contributed by atoms with Crippen LogP contribution < -0.4 is 5.32 Å². The van der Waals surface area contributed by atoms with Crippen molar-refractivity contribution in [2.24, 2.45) is 0 Å². The van der Waals surface area contributed by atoms with E-state index in [0.29, 0.717) is 18.2 Å². The van der Waals surface area contributed by atoms with Crippen molar-refractivity contribution in [3.05, 3.63) is 42.0 Å². The van der Waals surface area contributed by atoms with E-state index >= 15 is 0 Å². The third-order valence-electron chi connectivity index (χ3n) is 2.25. The summed E-state index contributed by atoms with van der Waals surface area (Å²) in [6.07, 6.45) is 0.942. The van der Waals surface area contributed by atoms with Crippen LogP contribution in [0.15, 0.2) is 36.4 Å². The van der Waals surface area contributed by atoms with Gasteiger partial charge in [0, 0.05) is 18.7 Å². The summed E-state index contributed by atoms with van der Waals surface area (Å²) in [5, 5.41) is 20.7. The summed E-state index contributed by atoms with van der Waals surface area (Å²) in [6, 6.07) is 6.33. The van der Waals surface area contributed by atoms with Gasteiger partial charge in [0.1, 0.15) is 11.9 Å². The molecular weight excluding hydrogens is 250 g/mol. The quantitative estimate of drug-likeness (QED) is 0.521. The minimum atomic E-state index is -1.22. The molecule has 0 amide bonds. The third kappa shape index (κ3) is 5.22. The van der Waals surface area contributed by atoms with Crippen molar-refractivity contribution in [2.45, 2.75) is 6.10 Å². The number of nitrogens with one attached hydrogen (secondary N) is 1. The maximum atomic E-state index is 11.4. The lowest BCUT2D eigenvalue weighted by Crippen LogP contribution is -2.21. The van der Waals surface area contributed by atoms with Crippen LogP contribution in [-0.2, 0) is 14.3 Å². The number of benzene rings is 1. The fourth-order valence-corrected chi connectivity index (χ4v) is 1.46. The van der Waals surface area contributed by atoms with Crippen molar-refractivity contribution in [2.75, 3.05) is 13.6 Å². The first kappa shape index (κ1) is 14.7. The van der Waals surface area contributed by atoms with Gasteiger partial charge in [0.05, 0.1) is 0 Å². The monoisotopic (exact) mass is 265 g/mol. The van der Waals surface area contributed by atoms with Crippen LogP contribution in [0, 0.1) is 0 Å². The topological polar surface area (TPSA) is 95.9 Å². The van der Waals surface area contributed by atoms with Gasteiger partial charge in [0.25, 0.3) is 0 Å². The van der Waals surface area contributed by atoms with Crippen molar-refractivity contribution < 1.29 is 24.5 Å². The number of aliphatic carboxylic acids is 1. The zero-order valence-electron chi connectivity index (χ0n) is 10.4. The molecule has 0 heterocycles. The van der Waals surface area contributed by atoms with Crippen LogP contribution in [0.1, 0.15) is 11.7 Å². The number of carboxylic acids is 1. The molecule has 0 radical (unpaired) electrons. The predicted octanol–water partition coefficient (Wildman–Crippen LogP) is 0.837. The number of rotatable bonds is 6. The highest BCUT2D eigenvalue weighted by Crippen LogP contribution is 2.21. The molecule has 1 rings (SSSR count). The number of hydrogen-bond acceptors (Lipinski definition) is 5. The fourth-order valence-electron chi connectivity index (χ4n) is 1.46. The van der Waals surface area contributed by atoms with Gasteiger partial charge in [0.15, 0.2) is 0 Å². The number of phenolic OH excluding ortho intramolecular Hbond substituents is 1. The van der Waals surface area contributed by atoms with E-state index in [1.807, 2.05) is 0 Å². The Morgan fingerprint density at radius 1 is 1.42 bits per heavy atom. The second-order valence-electron chi connectivity index (χ2n) is 3.75. The van der Waals surface area contributed by atoms with Crippen LogP contribution in [0.4, 0.5) is 0 Å². The Morgan fingerprint density at radius 3 is 2.74 bits per heavy atom. The van der Waals surface area contributed by atoms with Crippen molar-refractivity contribution in [3.8, 4) is 5.75 Å². The van der Waals surface area contributed by atoms with Crippen LogP contribution in [0.25, 0.3) is 0 Å². The normalized spacial score (nSPS) is 12.3. The van der Waals surface area contributed by atoms with Gasteiger partial charge in [-0.2, -0.15) is 0 Å². The highest BCUT2D eigenvalue weighted by Gasteiger charge is 2.15. The molecule has 0 fully saturated rings. The molecule has 0 bridgehead atoms. The molecular formula is C13H15NO5. The minimum Gasteiger partial charge on any atom is -0.508 e. The molecule has 0 saturated heterocycles. The van der Waals surface area contributed by atoms with E-state index in [1.54, 1.807) is 19.2 Å². The molecule has 1 aromatic rings. The summed E-state index contributed by atoms with van der Waals surface area (Å²) in [5.41, 5.74) is 0.617. The number of hydrogen-bond donors (Lipinski definition) is 3. The first-order valence-electron chi connectivity index (χ1n) is 5.58. The van der Waals surface area contributed by atoms with Crippen LogP contribution in [-0.4, -0.2) is 35.7 Å². The molecule has 19 heavy (non-hydrogen) atoms. The van der Waals surface area contributed by atoms with E-state index in [4.69, 9.17) is 9.84 Å². The number of aromatic hydroxyl groups is 1. The van der Waals surface area contributed by atoms with Crippen molar-refractivity contribution in [1.29, 1.82) is 0 Å². The Labute approximate surface area is 110 Å². The summed E-state index contributed by atoms with van der Waals surface area (Å²) in [4.78, 5) is 21.7. The molecule has 1 aromatic carbocycles. The minimum absolute atomic E-state index is 0.0655. The van der Waals surface area contributed by atoms with Gasteiger partial charge in [-0.15, -0.1) is 0 Å². The van der Waals surface area contributed by atoms with Crippen molar-refractivity contribution >= 4 is 11.9 Å². The lowest BCUT2D eigenvalue weighted by molar-refractivity contribution is -0.143. The molecule has 1 atom stereocenters. The van der Waals surface area contributed by atoms with Gasteiger partial charge in [-0.1, -0.05) is 12.1 Å². The van der Waals surface area contributed by atoms with Crippen LogP contribution in [0.2, 0.25) is 0 Å². The Balaban J connectivity index is 2.78. The Bertz CT molecular complexity index is 484. The highest BCUT2D eigenvalue weighted by atomic mass is 16.5. The zero-order valence-corrected chi connectivity index (χ0v) is 10.4. The zero-order chi connectivity index (χ0) is 14.3. The molecule has 3 N–H and O–H groups in total. The summed E-state index contributed by atoms with van der Waals surface area (Å²) >= 11 is 0. The molecule has 0 aromatic heterocycles. The molecule has 0 unspecified atom stereocenters. The van der Waals surface area contributed by atoms with Gasteiger partial charge >= 0.3 is 11.9 Å². The highest BCUT2D eigenvalue weighted by molar-refractivity contribution is 5.90. The van der Waals surface area contributed by atoms with Crippen LogP contribution in [0.5, 0.6) is 5.75 Å². The number of ether oxygens (including phenoxy) is 1. The summed E-state index contributed by atoms with van der Waals surface area (Å²) in [7, 11) is 1.69. The third-order valence-corrected chi connectivity index (χ3v) is 2.25. The predicted molar refractivity (Wildman–Crippen MR) is 67.6 cm³/mol. The first-order chi connectivity index (χ1) is 9.02. The lowest BCUT2D eigenvalue weighted by Gasteiger charge is -2.17. The number of likely N-dealkylation sites (N-methyl/N-ethyl adjacent to an activating group) is 1. The average molecular weight is 265 g/mol. The molecule has 6 heteroatoms. The van der Waals surface area contributed by atoms with Crippen molar-refractivity contribution in [1.82, 2.24) is 5.32 Å². The van der Waals surface area contributed by atoms with E-state index in [1.165, 1.54) is 12.1 Å². The molecule has 6 nitrogen and oxygen atoms in total. The average Bonchev–Trinajstić information content (AvgIpc) is 2.36. The van der Waals surface area contributed by atoms with Gasteiger partial charge in [-0.3, -0.25) is 0 Å². The Kier molecular flexibility index (Phi) is 5.56. The summed E-state index contributed by atoms with van der Waals surface area (Å²) in [6.45, 7) is 0.343. The Morgan fingerprint density at radius 2 is 2.16 bits per heavy atom. The summed E-state index contributed by atoms with van der Waals surface area (Å²) < 4.78 is 5.12. The summed E-state index contributed by atoms with van der Waals surface area (Å²) in [5.74, 6) is -1.92. The smallest absolute Gasteiger partial charge is 0.331 e. The molecule has 0 aliphatic rings. The number of carbonyl (C=O) groups is 2. The van der Waals surface area contributed by atoms with E-state index in [9.17, 15) is 14.7 Å². The fraction of sp³-hybridized carbons (Fsp3) is 0.231. The van der Waals surface area contributed by atoms with Crippen molar-refractivity contribution in [3.63, 3.8) is 0 Å². The lowest BCUT2D eigenvalue weighted by atomic mass is 10.1. The maximum absolute atomic E-state index is 11.4. The second kappa shape index (κ2) is 7.17. The standard InChI is InChI=1S/C13H15NO5/c1-14-8-11(9-3-2-4-10(15)7-9)19-13(18)6-5-12(16)17/h2-7,11,14-15H,8H2,1H3,(H,16,17)/b6-5-/t11-/m0/s1. The van der Waals surface area contributed by atoms with E-state index < -0.39 is 18.0 Å². The second-order valence-corrected chi connectivity index (χ2v) is 3.75. The molecule has 0 aliphatic carbocycles. The van der Waals surface area contributed by atoms with E-state index in [-0.39, 0.29) is 5.75 Å². The first-order valence-corrected chi connectivity index (χ1v) is 5.58. The molecule has 102 valence electrons. The number of phenols is 1. The van der Waals surface area contributed by atoms with Gasteiger partial charge in [0.2, 0.25) is 0 Å². The maximum Gasteiger partial charge on any atom is 0.331 e. The van der Waals surface area contributed by atoms with E-state index in [0.717, 1.165) is 6.08 Å². The van der Waals surface area contributed by atoms with Gasteiger partial charge < -0.3 is 20.3 Å². The Hall–Kier alpha value is -2.34. The number of esters is 1. The number of carbonyl (C=O) groups excluding carboxylic acids is 1. The molecule has 0 spiro atoms. The largest absolute Gasteiger partial charge is 0.508 e. The SMILES string of the molecule is CNC[C@H](OC(=O)/C=C\C(=O)O)c1cccc(O)c1.